The maximum atomic E-state index is 12.6. The SMILES string of the molecule is CN1CCC(Oc2nccc(-c3cnc(Nc4ncc(C(=O)N5CCNCC5)cn4)s3)n2)CC1. The molecule has 0 unspecified atom stereocenters. The first-order chi connectivity index (χ1) is 16.6. The Morgan fingerprint density at radius 2 is 1.85 bits per heavy atom. The summed E-state index contributed by atoms with van der Waals surface area (Å²) in [6.45, 7) is 5.01. The van der Waals surface area contributed by atoms with E-state index in [0.717, 1.165) is 49.6 Å². The Kier molecular flexibility index (Phi) is 6.88. The molecule has 178 valence electrons. The monoisotopic (exact) mass is 481 g/mol. The van der Waals surface area contributed by atoms with E-state index in [1.165, 1.54) is 11.3 Å². The molecule has 2 aliphatic heterocycles. The highest BCUT2D eigenvalue weighted by Crippen LogP contribution is 2.29. The molecule has 2 N–H and O–H groups in total. The number of piperidine rings is 1. The van der Waals surface area contributed by atoms with E-state index in [4.69, 9.17) is 4.74 Å². The van der Waals surface area contributed by atoms with Crippen LogP contribution in [0.25, 0.3) is 10.6 Å². The van der Waals surface area contributed by atoms with Crippen LogP contribution in [0.4, 0.5) is 11.1 Å². The third-order valence-corrected chi connectivity index (χ3v) is 6.79. The van der Waals surface area contributed by atoms with Crippen molar-refractivity contribution in [3.8, 4) is 16.6 Å². The average Bonchev–Trinajstić information content (AvgIpc) is 3.35. The molecule has 3 aromatic rings. The Bertz CT molecular complexity index is 1110. The second-order valence-electron chi connectivity index (χ2n) is 8.34. The highest BCUT2D eigenvalue weighted by Gasteiger charge is 2.20. The molecule has 34 heavy (non-hydrogen) atoms. The van der Waals surface area contributed by atoms with Gasteiger partial charge in [0.25, 0.3) is 5.91 Å². The lowest BCUT2D eigenvalue weighted by molar-refractivity contribution is 0.0735. The van der Waals surface area contributed by atoms with Crippen LogP contribution in [-0.4, -0.2) is 93.0 Å². The summed E-state index contributed by atoms with van der Waals surface area (Å²) in [5.74, 6) is 0.332. The molecular formula is C22H27N9O2S. The van der Waals surface area contributed by atoms with Crippen molar-refractivity contribution in [2.45, 2.75) is 18.9 Å². The van der Waals surface area contributed by atoms with Crippen LogP contribution >= 0.6 is 11.3 Å². The zero-order valence-electron chi connectivity index (χ0n) is 19.0. The van der Waals surface area contributed by atoms with E-state index in [2.05, 4.69) is 47.5 Å². The van der Waals surface area contributed by atoms with Gasteiger partial charge in [-0.2, -0.15) is 4.98 Å². The first-order valence-electron chi connectivity index (χ1n) is 11.4. The van der Waals surface area contributed by atoms with Crippen molar-refractivity contribution >= 4 is 28.3 Å². The first kappa shape index (κ1) is 22.6. The minimum atomic E-state index is -0.0494. The largest absolute Gasteiger partial charge is 0.460 e. The number of nitrogens with zero attached hydrogens (tertiary/aromatic N) is 7. The predicted molar refractivity (Wildman–Crippen MR) is 128 cm³/mol. The Hall–Kier alpha value is -3.22. The van der Waals surface area contributed by atoms with Gasteiger partial charge in [0, 0.05) is 64.1 Å². The lowest BCUT2D eigenvalue weighted by Gasteiger charge is -2.28. The number of rotatable bonds is 6. The van der Waals surface area contributed by atoms with E-state index in [1.807, 2.05) is 11.0 Å². The molecule has 0 atom stereocenters. The van der Waals surface area contributed by atoms with Gasteiger partial charge in [-0.1, -0.05) is 11.3 Å². The molecule has 2 fully saturated rings. The molecule has 11 nitrogen and oxygen atoms in total. The second-order valence-corrected chi connectivity index (χ2v) is 9.37. The lowest BCUT2D eigenvalue weighted by Crippen LogP contribution is -2.46. The molecular weight excluding hydrogens is 454 g/mol. The number of piperazine rings is 1. The summed E-state index contributed by atoms with van der Waals surface area (Å²) in [7, 11) is 2.12. The fraction of sp³-hybridized carbons (Fsp3) is 0.455. The molecule has 5 rings (SSSR count). The molecule has 0 spiro atoms. The van der Waals surface area contributed by atoms with Crippen LogP contribution in [0.3, 0.4) is 0 Å². The van der Waals surface area contributed by atoms with Gasteiger partial charge < -0.3 is 25.2 Å². The minimum absolute atomic E-state index is 0.0494. The van der Waals surface area contributed by atoms with E-state index >= 15 is 0 Å². The van der Waals surface area contributed by atoms with E-state index in [0.29, 0.717) is 35.7 Å². The van der Waals surface area contributed by atoms with Gasteiger partial charge in [0.05, 0.1) is 16.1 Å². The number of aromatic nitrogens is 5. The lowest BCUT2D eigenvalue weighted by atomic mass is 10.1. The summed E-state index contributed by atoms with van der Waals surface area (Å²) in [4.78, 5) is 39.4. The fourth-order valence-electron chi connectivity index (χ4n) is 3.89. The smallest absolute Gasteiger partial charge is 0.317 e. The number of nitrogens with one attached hydrogen (secondary N) is 2. The summed E-state index contributed by atoms with van der Waals surface area (Å²) in [6, 6.07) is 2.23. The summed E-state index contributed by atoms with van der Waals surface area (Å²) in [5, 5.41) is 6.96. The van der Waals surface area contributed by atoms with Crippen LogP contribution in [0, 0.1) is 0 Å². The molecule has 0 radical (unpaired) electrons. The van der Waals surface area contributed by atoms with Gasteiger partial charge in [0.15, 0.2) is 5.13 Å². The average molecular weight is 482 g/mol. The van der Waals surface area contributed by atoms with Crippen LogP contribution in [-0.2, 0) is 0 Å². The van der Waals surface area contributed by atoms with Crippen LogP contribution in [0.1, 0.15) is 23.2 Å². The summed E-state index contributed by atoms with van der Waals surface area (Å²) in [6.07, 6.45) is 8.63. The molecule has 12 heteroatoms. The van der Waals surface area contributed by atoms with Gasteiger partial charge in [0.2, 0.25) is 5.95 Å². The normalized spacial score (nSPS) is 17.5. The summed E-state index contributed by atoms with van der Waals surface area (Å²) >= 11 is 1.43. The van der Waals surface area contributed by atoms with Gasteiger partial charge in [0.1, 0.15) is 6.10 Å². The van der Waals surface area contributed by atoms with Gasteiger partial charge >= 0.3 is 6.01 Å². The molecule has 0 aromatic carbocycles. The number of amides is 1. The van der Waals surface area contributed by atoms with Crippen molar-refractivity contribution < 1.29 is 9.53 Å². The quantitative estimate of drug-likeness (QED) is 0.537. The molecule has 0 bridgehead atoms. The van der Waals surface area contributed by atoms with Crippen LogP contribution in [0.5, 0.6) is 6.01 Å². The van der Waals surface area contributed by atoms with Crippen molar-refractivity contribution in [3.05, 3.63) is 36.4 Å². The number of carbonyl (C=O) groups excluding carboxylic acids is 1. The Balaban J connectivity index is 1.21. The predicted octanol–water partition coefficient (Wildman–Crippen LogP) is 1.65. The fourth-order valence-corrected chi connectivity index (χ4v) is 4.67. The molecule has 2 saturated heterocycles. The highest BCUT2D eigenvalue weighted by atomic mass is 32.1. The first-order valence-corrected chi connectivity index (χ1v) is 12.2. The molecule has 5 heterocycles. The van der Waals surface area contributed by atoms with Crippen molar-refractivity contribution in [1.29, 1.82) is 0 Å². The summed E-state index contributed by atoms with van der Waals surface area (Å²) in [5.41, 5.74) is 1.23. The molecule has 0 aliphatic carbocycles. The zero-order valence-corrected chi connectivity index (χ0v) is 19.8. The van der Waals surface area contributed by atoms with Crippen molar-refractivity contribution in [1.82, 2.24) is 40.0 Å². The van der Waals surface area contributed by atoms with Crippen molar-refractivity contribution in [2.75, 3.05) is 51.6 Å². The van der Waals surface area contributed by atoms with Gasteiger partial charge in [-0.3, -0.25) is 4.79 Å². The van der Waals surface area contributed by atoms with Gasteiger partial charge in [-0.25, -0.2) is 19.9 Å². The third-order valence-electron chi connectivity index (χ3n) is 5.85. The number of thiazole rings is 1. The number of anilines is 2. The van der Waals surface area contributed by atoms with Crippen molar-refractivity contribution in [2.24, 2.45) is 0 Å². The Labute approximate surface area is 201 Å². The Morgan fingerprint density at radius 1 is 1.09 bits per heavy atom. The molecule has 0 saturated carbocycles. The second kappa shape index (κ2) is 10.4. The zero-order chi connectivity index (χ0) is 23.3. The Morgan fingerprint density at radius 3 is 2.62 bits per heavy atom. The number of carbonyl (C=O) groups is 1. The standard InChI is InChI=1S/C22H27N9O2S/c1-30-8-3-16(4-9-30)33-21-24-5-2-17(28-21)18-14-27-22(34-18)29-20-25-12-15(13-26-20)19(32)31-10-6-23-7-11-31/h2,5,12-14,16,23H,3-4,6-11H2,1H3,(H,25,26,27,29). The van der Waals surface area contributed by atoms with Gasteiger partial charge in [-0.05, 0) is 26.0 Å². The molecule has 2 aliphatic rings. The summed E-state index contributed by atoms with van der Waals surface area (Å²) < 4.78 is 6.01. The van der Waals surface area contributed by atoms with Crippen LogP contribution < -0.4 is 15.4 Å². The van der Waals surface area contributed by atoms with E-state index < -0.39 is 0 Å². The van der Waals surface area contributed by atoms with E-state index in [-0.39, 0.29) is 12.0 Å². The highest BCUT2D eigenvalue weighted by molar-refractivity contribution is 7.18. The maximum Gasteiger partial charge on any atom is 0.317 e. The topological polar surface area (TPSA) is 121 Å². The third kappa shape index (κ3) is 5.46. The number of hydrogen-bond donors (Lipinski definition) is 2. The maximum absolute atomic E-state index is 12.6. The molecule has 3 aromatic heterocycles. The minimum Gasteiger partial charge on any atom is -0.460 e. The number of ether oxygens (including phenoxy) is 1. The van der Waals surface area contributed by atoms with Crippen molar-refractivity contribution in [3.63, 3.8) is 0 Å². The number of likely N-dealkylation sites (tertiary alicyclic amines) is 1. The number of hydrogen-bond acceptors (Lipinski definition) is 11. The van der Waals surface area contributed by atoms with Crippen LogP contribution in [0.2, 0.25) is 0 Å². The van der Waals surface area contributed by atoms with E-state index in [1.54, 1.807) is 24.8 Å². The molecule has 1 amide bonds. The van der Waals surface area contributed by atoms with Gasteiger partial charge in [-0.15, -0.1) is 0 Å². The van der Waals surface area contributed by atoms with Crippen LogP contribution in [0.15, 0.2) is 30.9 Å². The van der Waals surface area contributed by atoms with E-state index in [9.17, 15) is 4.79 Å².